The number of nitriles is 1. The molecule has 1 fully saturated rings. The minimum atomic E-state index is -0.285. The molecule has 9 heteroatoms. The monoisotopic (exact) mass is 667 g/mol. The number of nitrogens with zero attached hydrogens (tertiary/aromatic N) is 1. The summed E-state index contributed by atoms with van der Waals surface area (Å²) in [6.07, 6.45) is 4.59. The Morgan fingerprint density at radius 2 is 1.81 bits per heavy atom. The molecule has 1 amide bonds. The van der Waals surface area contributed by atoms with Gasteiger partial charge in [-0.1, -0.05) is 53.6 Å². The molecule has 1 aliphatic carbocycles. The van der Waals surface area contributed by atoms with Gasteiger partial charge < -0.3 is 30.8 Å². The highest BCUT2D eigenvalue weighted by Crippen LogP contribution is 2.36. The van der Waals surface area contributed by atoms with Crippen LogP contribution in [0.15, 0.2) is 71.1 Å². The number of carbonyl (C=O) groups is 1. The lowest BCUT2D eigenvalue weighted by molar-refractivity contribution is 0.0935. The lowest BCUT2D eigenvalue weighted by Gasteiger charge is -2.29. The third-order valence-corrected chi connectivity index (χ3v) is 9.59. The molecule has 5 N–H and O–H groups in total. The molecule has 5 rings (SSSR count). The number of furan rings is 1. The summed E-state index contributed by atoms with van der Waals surface area (Å²) in [6, 6.07) is 24.3. The minimum absolute atomic E-state index is 0.144. The number of rotatable bonds is 13. The molecule has 2 atom stereocenters. The molecule has 4 aromatic rings. The third kappa shape index (κ3) is 9.06. The summed E-state index contributed by atoms with van der Waals surface area (Å²) in [6.45, 7) is 7.25. The van der Waals surface area contributed by atoms with Crippen LogP contribution in [0.5, 0.6) is 5.75 Å². The molecule has 1 aromatic heterocycles. The summed E-state index contributed by atoms with van der Waals surface area (Å²) in [5, 5.41) is 20.1. The Balaban J connectivity index is 1.32. The van der Waals surface area contributed by atoms with Crippen molar-refractivity contribution in [1.82, 2.24) is 16.0 Å². The first-order valence-electron chi connectivity index (χ1n) is 16.7. The second-order valence-electron chi connectivity index (χ2n) is 13.0. The Morgan fingerprint density at radius 1 is 1.06 bits per heavy atom. The first-order chi connectivity index (χ1) is 23.1. The van der Waals surface area contributed by atoms with Crippen molar-refractivity contribution >= 4 is 17.5 Å². The van der Waals surface area contributed by atoms with Gasteiger partial charge in [-0.3, -0.25) is 4.79 Å². The molecule has 1 aliphatic rings. The van der Waals surface area contributed by atoms with Crippen LogP contribution in [0.3, 0.4) is 0 Å². The number of nitrogens with one attached hydrogen (secondary N) is 3. The van der Waals surface area contributed by atoms with E-state index in [9.17, 15) is 10.1 Å². The van der Waals surface area contributed by atoms with Crippen molar-refractivity contribution in [2.45, 2.75) is 83.6 Å². The Kier molecular flexibility index (Phi) is 12.0. The van der Waals surface area contributed by atoms with Gasteiger partial charge in [0.2, 0.25) is 0 Å². The van der Waals surface area contributed by atoms with E-state index in [1.54, 1.807) is 19.2 Å². The minimum Gasteiger partial charge on any atom is -0.496 e. The van der Waals surface area contributed by atoms with Crippen molar-refractivity contribution in [1.29, 1.82) is 5.26 Å². The van der Waals surface area contributed by atoms with Crippen LogP contribution in [0.1, 0.15) is 82.6 Å². The molecule has 252 valence electrons. The molecule has 0 spiro atoms. The highest BCUT2D eigenvalue weighted by atomic mass is 35.5. The molecule has 3 aromatic carbocycles. The number of ether oxygens (including phenoxy) is 1. The number of halogens is 1. The number of methoxy groups -OCH3 is 1. The molecule has 1 saturated carbocycles. The van der Waals surface area contributed by atoms with Gasteiger partial charge in [0.15, 0.2) is 0 Å². The highest BCUT2D eigenvalue weighted by molar-refractivity contribution is 6.34. The van der Waals surface area contributed by atoms with Gasteiger partial charge in [-0.25, -0.2) is 0 Å². The van der Waals surface area contributed by atoms with Crippen LogP contribution in [-0.4, -0.2) is 37.7 Å². The van der Waals surface area contributed by atoms with Gasteiger partial charge in [-0.2, -0.15) is 5.26 Å². The Labute approximate surface area is 289 Å². The maximum atomic E-state index is 13.9. The summed E-state index contributed by atoms with van der Waals surface area (Å²) < 4.78 is 11.9. The summed E-state index contributed by atoms with van der Waals surface area (Å²) in [7, 11) is 1.57. The Morgan fingerprint density at radius 3 is 2.50 bits per heavy atom. The number of hydrogen-bond donors (Lipinski definition) is 4. The normalized spacial score (nSPS) is 17.4. The van der Waals surface area contributed by atoms with Crippen LogP contribution < -0.4 is 26.4 Å². The summed E-state index contributed by atoms with van der Waals surface area (Å²) in [5.41, 5.74) is 12.1. The van der Waals surface area contributed by atoms with E-state index in [0.717, 1.165) is 42.6 Å². The topological polar surface area (TPSA) is 125 Å². The first kappa shape index (κ1) is 35.2. The van der Waals surface area contributed by atoms with E-state index in [1.165, 1.54) is 11.1 Å². The van der Waals surface area contributed by atoms with Crippen LogP contribution >= 0.6 is 11.6 Å². The number of nitrogens with two attached hydrogens (primary N) is 1. The number of aryl methyl sites for hydroxylation is 2. The lowest BCUT2D eigenvalue weighted by atomic mass is 9.91. The van der Waals surface area contributed by atoms with E-state index in [0.29, 0.717) is 53.8 Å². The average Bonchev–Trinajstić information content (AvgIpc) is 3.56. The zero-order chi connectivity index (χ0) is 34.2. The van der Waals surface area contributed by atoms with Gasteiger partial charge in [0.25, 0.3) is 5.91 Å². The molecule has 1 heterocycles. The second-order valence-corrected chi connectivity index (χ2v) is 13.4. The van der Waals surface area contributed by atoms with E-state index in [1.807, 2.05) is 37.3 Å². The fourth-order valence-electron chi connectivity index (χ4n) is 6.27. The number of carbonyl (C=O) groups excluding carboxylic acids is 1. The number of amides is 1. The van der Waals surface area contributed by atoms with Crippen molar-refractivity contribution in [3.8, 4) is 23.1 Å². The van der Waals surface area contributed by atoms with Gasteiger partial charge in [0.05, 0.1) is 41.4 Å². The predicted molar refractivity (Wildman–Crippen MR) is 191 cm³/mol. The molecule has 0 unspecified atom stereocenters. The van der Waals surface area contributed by atoms with Gasteiger partial charge in [0.1, 0.15) is 17.3 Å². The molecule has 0 radical (unpaired) electrons. The van der Waals surface area contributed by atoms with Crippen LogP contribution in [0.4, 0.5) is 0 Å². The van der Waals surface area contributed by atoms with Gasteiger partial charge in [0, 0.05) is 36.8 Å². The zero-order valence-corrected chi connectivity index (χ0v) is 29.0. The fraction of sp³-hybridized carbons (Fsp3) is 0.385. The van der Waals surface area contributed by atoms with E-state index >= 15 is 0 Å². The molecule has 8 nitrogen and oxygen atoms in total. The summed E-state index contributed by atoms with van der Waals surface area (Å²) >= 11 is 6.69. The maximum absolute atomic E-state index is 13.9. The molecule has 48 heavy (non-hydrogen) atoms. The van der Waals surface area contributed by atoms with Gasteiger partial charge in [-0.05, 0) is 93.8 Å². The van der Waals surface area contributed by atoms with Crippen LogP contribution in [0.2, 0.25) is 5.02 Å². The molecular formula is C39H46ClN5O3. The molecular weight excluding hydrogens is 622 g/mol. The quantitative estimate of drug-likeness (QED) is 0.119. The summed E-state index contributed by atoms with van der Waals surface area (Å²) in [5.74, 6) is 1.57. The maximum Gasteiger partial charge on any atom is 0.253 e. The SMILES string of the molecule is COc1cc(Cl)c(C(=O)N[C@@H](CNC2CCC(N)CC2)Cc2ccc(C#N)c(C)c2)cc1-c1ccc(CN[C@H](C)c2ccc(C)cc2)o1. The van der Waals surface area contributed by atoms with E-state index in [2.05, 4.69) is 60.1 Å². The van der Waals surface area contributed by atoms with Crippen molar-refractivity contribution < 1.29 is 13.9 Å². The highest BCUT2D eigenvalue weighted by Gasteiger charge is 2.24. The lowest BCUT2D eigenvalue weighted by Crippen LogP contribution is -2.47. The van der Waals surface area contributed by atoms with Crippen molar-refractivity contribution in [3.63, 3.8) is 0 Å². The molecule has 0 bridgehead atoms. The van der Waals surface area contributed by atoms with Crippen molar-refractivity contribution in [2.75, 3.05) is 13.7 Å². The number of hydrogen-bond acceptors (Lipinski definition) is 7. The predicted octanol–water partition coefficient (Wildman–Crippen LogP) is 7.15. The third-order valence-electron chi connectivity index (χ3n) is 9.27. The number of benzene rings is 3. The van der Waals surface area contributed by atoms with Gasteiger partial charge in [-0.15, -0.1) is 0 Å². The van der Waals surface area contributed by atoms with Crippen LogP contribution in [0, 0.1) is 25.2 Å². The second kappa shape index (κ2) is 16.3. The van der Waals surface area contributed by atoms with Crippen LogP contribution in [-0.2, 0) is 13.0 Å². The van der Waals surface area contributed by atoms with Gasteiger partial charge >= 0.3 is 0 Å². The standard InChI is InChI=1S/C39H46ClN5O3/c1-24-5-8-28(9-6-24)26(3)43-23-33-15-16-37(48-33)35-19-34(36(40)20-38(35)47-4)39(46)45-32(22-44-31-13-11-30(42)12-14-31)18-27-7-10-29(21-41)25(2)17-27/h5-10,15-17,19-20,26,30-32,43-44H,11-14,18,22-23,42H2,1-4H3,(H,45,46)/t26-,30?,31?,32-/m1/s1. The first-order valence-corrected chi connectivity index (χ1v) is 17.1. The van der Waals surface area contributed by atoms with Crippen molar-refractivity contribution in [2.24, 2.45) is 5.73 Å². The van der Waals surface area contributed by atoms with E-state index < -0.39 is 0 Å². The fourth-order valence-corrected chi connectivity index (χ4v) is 6.51. The zero-order valence-electron chi connectivity index (χ0n) is 28.2. The summed E-state index contributed by atoms with van der Waals surface area (Å²) in [4.78, 5) is 13.9. The van der Waals surface area contributed by atoms with E-state index in [4.69, 9.17) is 26.5 Å². The average molecular weight is 668 g/mol. The van der Waals surface area contributed by atoms with Crippen molar-refractivity contribution in [3.05, 3.63) is 111 Å². The molecule has 0 saturated heterocycles. The molecule has 0 aliphatic heterocycles. The Bertz CT molecular complexity index is 1740. The smallest absolute Gasteiger partial charge is 0.253 e. The van der Waals surface area contributed by atoms with E-state index in [-0.39, 0.29) is 29.1 Å². The Hall–Kier alpha value is -4.13. The van der Waals surface area contributed by atoms with Crippen LogP contribution in [0.25, 0.3) is 11.3 Å². The largest absolute Gasteiger partial charge is 0.496 e.